The molecule has 0 saturated carbocycles. The average Bonchev–Trinajstić information content (AvgIpc) is 1.60. The van der Waals surface area contributed by atoms with Gasteiger partial charge in [-0.25, -0.2) is 0 Å². The first-order valence-corrected chi connectivity index (χ1v) is 37.3. The van der Waals surface area contributed by atoms with Gasteiger partial charge in [-0.2, -0.15) is 0 Å². The van der Waals surface area contributed by atoms with Gasteiger partial charge < -0.3 is 168 Å². The third-order valence-corrected chi connectivity index (χ3v) is 17.6. The molecule has 0 bridgehead atoms. The maximum absolute atomic E-state index is 13.9. The molecule has 6 unspecified atom stereocenters. The summed E-state index contributed by atoms with van der Waals surface area (Å²) in [5.41, 5.74) is -1.40. The number of nitrogens with zero attached hydrogens (tertiary/aromatic N) is 1. The van der Waals surface area contributed by atoms with E-state index < -0.39 is 124 Å². The lowest BCUT2D eigenvalue weighted by Crippen LogP contribution is -2.59. The largest absolute Gasteiger partial charge is 0.394 e. The number of nitrogens with one attached hydrogen (secondary N) is 4. The SMILES string of the molecule is CCOC[C@@H]1C[C@@H](O)CN1C(=O)CCCCCCCCCCC(=O)NC(COCCC(=O)NCCOCCOCCO[C@H]1OC(CO)[C@@H](O)C(O)[C@H]1O)(COCCC(=O)NCCOCCOCCO[C@H]1OC(CO)[C@@H](O)C(O)[C@H]1O)COCCC(=O)NCCOCCOCCO[C@H]1OC(CO)[C@@H](O)C(O)[C@H]1O. The van der Waals surface area contributed by atoms with Crippen LogP contribution in [-0.2, 0) is 99.8 Å². The van der Waals surface area contributed by atoms with Gasteiger partial charge in [-0.15, -0.1) is 0 Å². The third-order valence-electron chi connectivity index (χ3n) is 17.6. The van der Waals surface area contributed by atoms with Crippen molar-refractivity contribution in [1.29, 1.82) is 0 Å². The van der Waals surface area contributed by atoms with E-state index in [2.05, 4.69) is 21.3 Å². The highest BCUT2D eigenvalue weighted by Gasteiger charge is 2.47. The van der Waals surface area contributed by atoms with E-state index in [1.54, 1.807) is 4.90 Å². The van der Waals surface area contributed by atoms with Gasteiger partial charge in [-0.1, -0.05) is 38.5 Å². The van der Waals surface area contributed by atoms with Crippen molar-refractivity contribution in [2.75, 3.05) is 198 Å². The fraction of sp³-hybridized carbons (Fsp3) is 0.926. The van der Waals surface area contributed by atoms with Crippen molar-refractivity contribution >= 4 is 29.5 Å². The summed E-state index contributed by atoms with van der Waals surface area (Å²) in [7, 11) is 0. The molecular weight excluding hydrogens is 1430 g/mol. The molecule has 0 spiro atoms. The van der Waals surface area contributed by atoms with Crippen molar-refractivity contribution in [2.45, 2.75) is 207 Å². The Morgan fingerprint density at radius 2 is 0.701 bits per heavy atom. The number of aliphatic hydroxyl groups is 13. The predicted molar refractivity (Wildman–Crippen MR) is 369 cm³/mol. The van der Waals surface area contributed by atoms with Crippen molar-refractivity contribution < 1.29 is 166 Å². The second kappa shape index (κ2) is 57.3. The minimum atomic E-state index is -1.58. The van der Waals surface area contributed by atoms with Crippen molar-refractivity contribution in [2.24, 2.45) is 0 Å². The molecule has 4 aliphatic rings. The Balaban J connectivity index is 1.25. The lowest BCUT2D eigenvalue weighted by Gasteiger charge is -2.39. The molecule has 4 fully saturated rings. The van der Waals surface area contributed by atoms with Gasteiger partial charge >= 0.3 is 0 Å². The number of aliphatic hydroxyl groups excluding tert-OH is 13. The van der Waals surface area contributed by atoms with E-state index in [9.17, 15) is 90.4 Å². The Kier molecular flexibility index (Phi) is 51.1. The molecule has 4 heterocycles. The molecule has 0 aliphatic carbocycles. The molecule has 39 nitrogen and oxygen atoms in total. The molecule has 4 aliphatic heterocycles. The molecule has 0 aromatic heterocycles. The molecule has 107 heavy (non-hydrogen) atoms. The monoisotopic (exact) mass is 1560 g/mol. The second-order valence-electron chi connectivity index (χ2n) is 26.2. The number of carbonyl (C=O) groups is 5. The van der Waals surface area contributed by atoms with Crippen LogP contribution >= 0.6 is 0 Å². The second-order valence-corrected chi connectivity index (χ2v) is 26.2. The van der Waals surface area contributed by atoms with E-state index in [0.717, 1.165) is 44.9 Å². The van der Waals surface area contributed by atoms with Crippen molar-refractivity contribution in [3.05, 3.63) is 0 Å². The van der Waals surface area contributed by atoms with Gasteiger partial charge in [0.2, 0.25) is 29.5 Å². The number of β-amino-alcohol motifs (C(OH)–C–C–N with tert-alkyl or cyclic N) is 1. The zero-order chi connectivity index (χ0) is 78.0. The number of unbranched alkanes of at least 4 members (excludes halogenated alkanes) is 7. The maximum Gasteiger partial charge on any atom is 0.222 e. The van der Waals surface area contributed by atoms with Gasteiger partial charge in [0.15, 0.2) is 18.9 Å². The summed E-state index contributed by atoms with van der Waals surface area (Å²) < 4.78 is 89.0. The van der Waals surface area contributed by atoms with Gasteiger partial charge in [0.25, 0.3) is 0 Å². The smallest absolute Gasteiger partial charge is 0.222 e. The van der Waals surface area contributed by atoms with Gasteiger partial charge in [-0.3, -0.25) is 24.0 Å². The number of hydrogen-bond donors (Lipinski definition) is 17. The number of rotatable bonds is 63. The van der Waals surface area contributed by atoms with Crippen LogP contribution in [0.25, 0.3) is 0 Å². The van der Waals surface area contributed by atoms with Crippen LogP contribution in [0.15, 0.2) is 0 Å². The van der Waals surface area contributed by atoms with Crippen molar-refractivity contribution in [3.8, 4) is 0 Å². The van der Waals surface area contributed by atoms with Crippen LogP contribution in [0.5, 0.6) is 0 Å². The minimum Gasteiger partial charge on any atom is -0.394 e. The highest BCUT2D eigenvalue weighted by molar-refractivity contribution is 5.78. The zero-order valence-corrected chi connectivity index (χ0v) is 61.8. The van der Waals surface area contributed by atoms with Gasteiger partial charge in [0.1, 0.15) is 78.8 Å². The summed E-state index contributed by atoms with van der Waals surface area (Å²) in [5.74, 6) is -1.44. The first kappa shape index (κ1) is 95.6. The van der Waals surface area contributed by atoms with Crippen LogP contribution in [0.3, 0.4) is 0 Å². The number of carbonyl (C=O) groups excluding carboxylic acids is 5. The first-order chi connectivity index (χ1) is 51.7. The summed E-state index contributed by atoms with van der Waals surface area (Å²) >= 11 is 0. The molecule has 0 radical (unpaired) electrons. The molecule has 4 saturated heterocycles. The summed E-state index contributed by atoms with van der Waals surface area (Å²) in [4.78, 5) is 67.5. The average molecular weight is 1560 g/mol. The fourth-order valence-corrected chi connectivity index (χ4v) is 11.6. The van der Waals surface area contributed by atoms with Crippen LogP contribution in [0.2, 0.25) is 0 Å². The predicted octanol–water partition coefficient (Wildman–Crippen LogP) is -7.14. The van der Waals surface area contributed by atoms with E-state index in [4.69, 9.17) is 75.8 Å². The standard InChI is InChI=1S/C68H125N5O34/c1-2-92-42-46-37-47(77)38-73(46)55(82)12-10-8-6-4-3-5-7-9-11-54(81)72-68(43-99-19-13-51(78)69-16-22-93-25-28-96-31-34-102-65-62(89)59(86)56(83)48(39-74)105-65,44-100-20-14-52(79)70-17-23-94-26-29-97-32-35-103-66-63(90)60(87)57(84)49(40-75)106-66)45-101-21-15-53(80)71-18-24-95-27-30-98-33-36-104-67-64(91)61(88)58(85)50(41-76)107-67/h46-50,56-67,74-77,83-91H,2-45H2,1H3,(H,69,78)(H,70,79)(H,71,80)(H,72,81)/t46-,47+,48?,49?,50?,56+,57+,58+,59?,60?,61?,62+,63+,64+,65-,66-,67-,68?/m0/s1. The molecule has 0 aromatic carbocycles. The highest BCUT2D eigenvalue weighted by Crippen LogP contribution is 2.26. The van der Waals surface area contributed by atoms with E-state index >= 15 is 0 Å². The summed E-state index contributed by atoms with van der Waals surface area (Å²) in [6, 6.07) is -0.113. The summed E-state index contributed by atoms with van der Waals surface area (Å²) in [5, 5.41) is 140. The van der Waals surface area contributed by atoms with Crippen molar-refractivity contribution in [1.82, 2.24) is 26.2 Å². The number of likely N-dealkylation sites (tertiary alicyclic amines) is 1. The zero-order valence-electron chi connectivity index (χ0n) is 61.8. The summed E-state index contributed by atoms with van der Waals surface area (Å²) in [6.45, 7) is 2.21. The van der Waals surface area contributed by atoms with Crippen LogP contribution in [-0.4, -0.2) is 409 Å². The van der Waals surface area contributed by atoms with Crippen LogP contribution in [0, 0.1) is 0 Å². The molecule has 626 valence electrons. The molecular formula is C68H125N5O34. The lowest BCUT2D eigenvalue weighted by atomic mass is 9.99. The third kappa shape index (κ3) is 38.5. The van der Waals surface area contributed by atoms with Crippen LogP contribution in [0.1, 0.15) is 96.8 Å². The van der Waals surface area contributed by atoms with Gasteiger partial charge in [-0.05, 0) is 26.2 Å². The molecule has 0 aromatic rings. The van der Waals surface area contributed by atoms with E-state index in [0.29, 0.717) is 39.0 Å². The molecule has 17 atom stereocenters. The maximum atomic E-state index is 13.9. The normalized spacial score (nSPS) is 27.3. The molecule has 5 amide bonds. The number of amides is 5. The Morgan fingerprint density at radius 1 is 0.374 bits per heavy atom. The van der Waals surface area contributed by atoms with Gasteiger partial charge in [0.05, 0.1) is 177 Å². The minimum absolute atomic E-state index is 0.0275. The lowest BCUT2D eigenvalue weighted by molar-refractivity contribution is -0.302. The van der Waals surface area contributed by atoms with E-state index in [1.807, 2.05) is 6.92 Å². The molecule has 17 N–H and O–H groups in total. The quantitative estimate of drug-likeness (QED) is 0.0252. The molecule has 4 rings (SSSR count). The Morgan fingerprint density at radius 3 is 1.05 bits per heavy atom. The number of ether oxygens (including phenoxy) is 16. The van der Waals surface area contributed by atoms with Gasteiger partial charge in [0, 0.05) is 64.9 Å². The highest BCUT2D eigenvalue weighted by atomic mass is 16.7. The summed E-state index contributed by atoms with van der Waals surface area (Å²) in [6.07, 6.45) is -14.3. The number of hydrogen-bond acceptors (Lipinski definition) is 34. The fourth-order valence-electron chi connectivity index (χ4n) is 11.6. The Bertz CT molecular complexity index is 2150. The van der Waals surface area contributed by atoms with Crippen molar-refractivity contribution in [3.63, 3.8) is 0 Å². The Labute approximate surface area is 624 Å². The van der Waals surface area contributed by atoms with Crippen LogP contribution in [0.4, 0.5) is 0 Å². The topological polar surface area (TPSA) is 547 Å². The first-order valence-electron chi connectivity index (χ1n) is 37.3. The van der Waals surface area contributed by atoms with Crippen LogP contribution < -0.4 is 21.3 Å². The molecule has 39 heteroatoms. The van der Waals surface area contributed by atoms with E-state index in [1.165, 1.54) is 0 Å². The Hall–Kier alpha value is -3.81. The van der Waals surface area contributed by atoms with E-state index in [-0.39, 0.29) is 220 Å².